The molecule has 1 aromatic rings. The minimum absolute atomic E-state index is 0.627. The van der Waals surface area contributed by atoms with Gasteiger partial charge in [0.2, 0.25) is 0 Å². The van der Waals surface area contributed by atoms with Gasteiger partial charge in [-0.2, -0.15) is 0 Å². The zero-order chi connectivity index (χ0) is 13.1. The Morgan fingerprint density at radius 2 is 1.89 bits per heavy atom. The smallest absolute Gasteiger partial charge is 0.0440 e. The van der Waals surface area contributed by atoms with Crippen LogP contribution in [0.1, 0.15) is 51.5 Å². The topological polar surface area (TPSA) is 12.0 Å². The molecule has 0 amide bonds. The van der Waals surface area contributed by atoms with E-state index in [9.17, 15) is 0 Å². The molecule has 1 aromatic carbocycles. The number of hydrogen-bond acceptors (Lipinski definition) is 1. The number of halogens is 1. The Balaban J connectivity index is 1.79. The molecule has 1 atom stereocenters. The normalized spacial score (nSPS) is 24.9. The van der Waals surface area contributed by atoms with Crippen LogP contribution >= 0.6 is 11.6 Å². The summed E-state index contributed by atoms with van der Waals surface area (Å²) in [7, 11) is 0. The lowest BCUT2D eigenvalue weighted by atomic mass is 9.75. The lowest BCUT2D eigenvalue weighted by Crippen LogP contribution is -2.44. The fraction of sp³-hybridized carbons (Fsp3) is 0.625. The molecule has 1 saturated carbocycles. The van der Waals surface area contributed by atoms with Crippen LogP contribution in [0.2, 0.25) is 5.02 Å². The predicted octanol–water partition coefficient (Wildman–Crippen LogP) is 4.61. The van der Waals surface area contributed by atoms with E-state index in [0.717, 1.165) is 10.9 Å². The monoisotopic (exact) mass is 265 g/mol. The lowest BCUT2D eigenvalue weighted by Gasteiger charge is -2.38. The third kappa shape index (κ3) is 3.49. The van der Waals surface area contributed by atoms with Crippen LogP contribution in [0.3, 0.4) is 0 Å². The van der Waals surface area contributed by atoms with Crippen LogP contribution in [0.4, 0.5) is 0 Å². The molecule has 0 aliphatic heterocycles. The van der Waals surface area contributed by atoms with Crippen molar-refractivity contribution in [3.8, 4) is 0 Å². The van der Waals surface area contributed by atoms with Crippen LogP contribution in [-0.4, -0.2) is 12.1 Å². The van der Waals surface area contributed by atoms with Gasteiger partial charge in [-0.15, -0.1) is 0 Å². The van der Waals surface area contributed by atoms with Gasteiger partial charge in [0.25, 0.3) is 0 Å². The Kier molecular flexibility index (Phi) is 4.69. The average Bonchev–Trinajstić information content (AvgIpc) is 2.23. The van der Waals surface area contributed by atoms with Gasteiger partial charge in [-0.05, 0) is 49.7 Å². The number of hydrogen-bond donors (Lipinski definition) is 1. The molecule has 0 spiro atoms. The molecule has 100 valence electrons. The minimum atomic E-state index is 0.627. The second-order valence-corrected chi connectivity index (χ2v) is 6.49. The van der Waals surface area contributed by atoms with Gasteiger partial charge in [0.15, 0.2) is 0 Å². The molecule has 1 fully saturated rings. The summed E-state index contributed by atoms with van der Waals surface area (Å²) in [6.45, 7) is 6.86. The Labute approximate surface area is 116 Å². The maximum atomic E-state index is 6.23. The zero-order valence-electron chi connectivity index (χ0n) is 11.6. The van der Waals surface area contributed by atoms with Gasteiger partial charge in [0.05, 0.1) is 0 Å². The van der Waals surface area contributed by atoms with Crippen LogP contribution in [0.5, 0.6) is 0 Å². The fourth-order valence-corrected chi connectivity index (χ4v) is 3.28. The van der Waals surface area contributed by atoms with E-state index in [4.69, 9.17) is 11.6 Å². The van der Waals surface area contributed by atoms with Crippen molar-refractivity contribution >= 4 is 11.6 Å². The van der Waals surface area contributed by atoms with Gasteiger partial charge in [0, 0.05) is 17.1 Å². The molecule has 0 heterocycles. The molecule has 1 aliphatic carbocycles. The highest BCUT2D eigenvalue weighted by Crippen LogP contribution is 2.40. The summed E-state index contributed by atoms with van der Waals surface area (Å²) < 4.78 is 0. The van der Waals surface area contributed by atoms with E-state index in [0.29, 0.717) is 18.0 Å². The maximum Gasteiger partial charge on any atom is 0.0440 e. The third-order valence-corrected chi connectivity index (χ3v) is 4.17. The number of benzene rings is 1. The van der Waals surface area contributed by atoms with Gasteiger partial charge >= 0.3 is 0 Å². The fourth-order valence-electron chi connectivity index (χ4n) is 2.99. The van der Waals surface area contributed by atoms with Crippen molar-refractivity contribution in [2.24, 2.45) is 5.92 Å². The minimum Gasteiger partial charge on any atom is -0.311 e. The molecule has 0 aromatic heterocycles. The van der Waals surface area contributed by atoms with Crippen LogP contribution in [0, 0.1) is 5.92 Å². The summed E-state index contributed by atoms with van der Waals surface area (Å²) in [6, 6.07) is 9.57. The van der Waals surface area contributed by atoms with Crippen molar-refractivity contribution < 1.29 is 0 Å². The highest BCUT2D eigenvalue weighted by atomic mass is 35.5. The Hall–Kier alpha value is -0.530. The van der Waals surface area contributed by atoms with E-state index in [-0.39, 0.29) is 0 Å². The third-order valence-electron chi connectivity index (χ3n) is 3.83. The highest BCUT2D eigenvalue weighted by Gasteiger charge is 2.31. The maximum absolute atomic E-state index is 6.23. The second kappa shape index (κ2) is 6.08. The molecular weight excluding hydrogens is 242 g/mol. The first-order chi connectivity index (χ1) is 8.56. The second-order valence-electron chi connectivity index (χ2n) is 6.08. The first kappa shape index (κ1) is 13.9. The quantitative estimate of drug-likeness (QED) is 0.820. The molecule has 2 heteroatoms. The van der Waals surface area contributed by atoms with Crippen molar-refractivity contribution in [3.05, 3.63) is 34.9 Å². The molecule has 0 radical (unpaired) electrons. The molecule has 18 heavy (non-hydrogen) atoms. The standard InChI is InChI=1S/C16H24ClN/c1-11(2)8-12(3)18-14-9-13(10-14)15-6-4-5-7-16(15)17/h4-7,11-14,18H,8-10H2,1-3H3. The summed E-state index contributed by atoms with van der Waals surface area (Å²) in [5, 5.41) is 4.65. The molecule has 1 nitrogen and oxygen atoms in total. The summed E-state index contributed by atoms with van der Waals surface area (Å²) >= 11 is 6.23. The van der Waals surface area contributed by atoms with Crippen LogP contribution < -0.4 is 5.32 Å². The van der Waals surface area contributed by atoms with Gasteiger partial charge in [-0.3, -0.25) is 0 Å². The lowest BCUT2D eigenvalue weighted by molar-refractivity contribution is 0.257. The average molecular weight is 266 g/mol. The van der Waals surface area contributed by atoms with E-state index >= 15 is 0 Å². The van der Waals surface area contributed by atoms with Crippen molar-refractivity contribution in [1.29, 1.82) is 0 Å². The Morgan fingerprint density at radius 3 is 2.50 bits per heavy atom. The molecule has 1 N–H and O–H groups in total. The van der Waals surface area contributed by atoms with E-state index in [1.807, 2.05) is 12.1 Å². The van der Waals surface area contributed by atoms with E-state index in [1.54, 1.807) is 0 Å². The van der Waals surface area contributed by atoms with E-state index in [1.165, 1.54) is 24.8 Å². The summed E-state index contributed by atoms with van der Waals surface area (Å²) in [6.07, 6.45) is 3.71. The summed E-state index contributed by atoms with van der Waals surface area (Å²) in [5.41, 5.74) is 1.33. The number of nitrogens with one attached hydrogen (secondary N) is 1. The molecule has 1 unspecified atom stereocenters. The molecule has 0 bridgehead atoms. The molecular formula is C16H24ClN. The van der Waals surface area contributed by atoms with Crippen molar-refractivity contribution in [1.82, 2.24) is 5.32 Å². The Bertz CT molecular complexity index is 382. The number of rotatable bonds is 5. The molecule has 0 saturated heterocycles. The van der Waals surface area contributed by atoms with Crippen LogP contribution in [0.15, 0.2) is 24.3 Å². The first-order valence-electron chi connectivity index (χ1n) is 7.06. The van der Waals surface area contributed by atoms with Gasteiger partial charge in [-0.25, -0.2) is 0 Å². The first-order valence-corrected chi connectivity index (χ1v) is 7.44. The molecule has 1 aliphatic rings. The van der Waals surface area contributed by atoms with Crippen molar-refractivity contribution in [2.75, 3.05) is 0 Å². The van der Waals surface area contributed by atoms with E-state index in [2.05, 4.69) is 38.2 Å². The zero-order valence-corrected chi connectivity index (χ0v) is 12.4. The largest absolute Gasteiger partial charge is 0.311 e. The van der Waals surface area contributed by atoms with Gasteiger partial charge in [0.1, 0.15) is 0 Å². The van der Waals surface area contributed by atoms with Crippen molar-refractivity contribution in [2.45, 2.75) is 58.0 Å². The highest BCUT2D eigenvalue weighted by molar-refractivity contribution is 6.31. The summed E-state index contributed by atoms with van der Waals surface area (Å²) in [4.78, 5) is 0. The van der Waals surface area contributed by atoms with E-state index < -0.39 is 0 Å². The summed E-state index contributed by atoms with van der Waals surface area (Å²) in [5.74, 6) is 1.43. The van der Waals surface area contributed by atoms with Gasteiger partial charge in [-0.1, -0.05) is 43.6 Å². The van der Waals surface area contributed by atoms with Crippen LogP contribution in [-0.2, 0) is 0 Å². The SMILES string of the molecule is CC(C)CC(C)NC1CC(c2ccccc2Cl)C1. The molecule has 2 rings (SSSR count). The Morgan fingerprint density at radius 1 is 1.22 bits per heavy atom. The predicted molar refractivity (Wildman–Crippen MR) is 79.3 cm³/mol. The van der Waals surface area contributed by atoms with Crippen LogP contribution in [0.25, 0.3) is 0 Å². The van der Waals surface area contributed by atoms with Gasteiger partial charge < -0.3 is 5.32 Å². The van der Waals surface area contributed by atoms with Crippen molar-refractivity contribution in [3.63, 3.8) is 0 Å².